The number of amides is 2. The van der Waals surface area contributed by atoms with Gasteiger partial charge in [0.05, 0.1) is 11.0 Å². The molecule has 27 heavy (non-hydrogen) atoms. The number of aromatic amines is 1. The van der Waals surface area contributed by atoms with Crippen molar-refractivity contribution in [1.29, 1.82) is 0 Å². The van der Waals surface area contributed by atoms with Crippen molar-refractivity contribution in [3.8, 4) is 0 Å². The Kier molecular flexibility index (Phi) is 5.11. The van der Waals surface area contributed by atoms with Crippen molar-refractivity contribution < 1.29 is 14.3 Å². The van der Waals surface area contributed by atoms with Gasteiger partial charge < -0.3 is 19.5 Å². The zero-order valence-electron chi connectivity index (χ0n) is 15.7. The van der Waals surface area contributed by atoms with E-state index >= 15 is 0 Å². The number of fused-ring (bicyclic) bond motifs is 1. The Morgan fingerprint density at radius 1 is 1.19 bits per heavy atom. The Bertz CT molecular complexity index is 841. The molecule has 4 rings (SSSR count). The third kappa shape index (κ3) is 3.69. The third-order valence-corrected chi connectivity index (χ3v) is 5.41. The number of nitrogens with one attached hydrogen (secondary N) is 1. The fourth-order valence-corrected chi connectivity index (χ4v) is 3.86. The van der Waals surface area contributed by atoms with Gasteiger partial charge in [-0.25, -0.2) is 4.98 Å². The number of aromatic nitrogens is 2. The van der Waals surface area contributed by atoms with Crippen molar-refractivity contribution in [1.82, 2.24) is 19.8 Å². The van der Waals surface area contributed by atoms with Gasteiger partial charge in [0, 0.05) is 44.8 Å². The highest BCUT2D eigenvalue weighted by atomic mass is 16.5. The molecule has 0 spiro atoms. The summed E-state index contributed by atoms with van der Waals surface area (Å²) in [4.78, 5) is 37.0. The molecule has 7 nitrogen and oxygen atoms in total. The largest absolute Gasteiger partial charge is 0.368 e. The van der Waals surface area contributed by atoms with Crippen molar-refractivity contribution in [2.45, 2.75) is 38.7 Å². The first-order valence-corrected chi connectivity index (χ1v) is 9.84. The molecule has 0 aliphatic carbocycles. The monoisotopic (exact) mass is 370 g/mol. The normalized spacial score (nSPS) is 20.9. The number of nitrogens with zero attached hydrogens (tertiary/aromatic N) is 3. The van der Waals surface area contributed by atoms with E-state index in [1.165, 1.54) is 0 Å². The summed E-state index contributed by atoms with van der Waals surface area (Å²) in [5.74, 6) is 1.01. The Morgan fingerprint density at radius 2 is 2.00 bits per heavy atom. The number of benzene rings is 1. The average Bonchev–Trinajstić information content (AvgIpc) is 3.30. The minimum Gasteiger partial charge on any atom is -0.368 e. The van der Waals surface area contributed by atoms with Crippen LogP contribution in [0.4, 0.5) is 0 Å². The minimum absolute atomic E-state index is 0.0102. The van der Waals surface area contributed by atoms with Crippen molar-refractivity contribution in [3.05, 3.63) is 29.6 Å². The topological polar surface area (TPSA) is 78.5 Å². The summed E-state index contributed by atoms with van der Waals surface area (Å²) in [5.41, 5.74) is 2.43. The number of H-pyrrole nitrogens is 1. The van der Waals surface area contributed by atoms with Gasteiger partial charge in [-0.05, 0) is 37.5 Å². The average molecular weight is 370 g/mol. The van der Waals surface area contributed by atoms with E-state index in [1.54, 1.807) is 0 Å². The fraction of sp³-hybridized carbons (Fsp3) is 0.550. The second-order valence-corrected chi connectivity index (χ2v) is 7.24. The van der Waals surface area contributed by atoms with Crippen molar-refractivity contribution in [3.63, 3.8) is 0 Å². The molecule has 1 unspecified atom stereocenters. The number of rotatable bonds is 3. The molecule has 2 fully saturated rings. The molecule has 0 bridgehead atoms. The summed E-state index contributed by atoms with van der Waals surface area (Å²) in [7, 11) is 0. The quantitative estimate of drug-likeness (QED) is 0.896. The van der Waals surface area contributed by atoms with Crippen LogP contribution in [-0.4, -0.2) is 70.5 Å². The highest BCUT2D eigenvalue weighted by Crippen LogP contribution is 2.18. The number of imidazole rings is 1. The first kappa shape index (κ1) is 18.0. The van der Waals surface area contributed by atoms with Crippen molar-refractivity contribution in [2.75, 3.05) is 32.8 Å². The summed E-state index contributed by atoms with van der Waals surface area (Å²) in [6.07, 6.45) is 3.09. The molecule has 2 aliphatic heterocycles. The molecule has 2 aliphatic rings. The van der Waals surface area contributed by atoms with Gasteiger partial charge in [-0.15, -0.1) is 0 Å². The molecule has 1 N–H and O–H groups in total. The van der Waals surface area contributed by atoms with Gasteiger partial charge in [-0.2, -0.15) is 0 Å². The first-order valence-electron chi connectivity index (χ1n) is 9.84. The zero-order valence-corrected chi connectivity index (χ0v) is 15.7. The van der Waals surface area contributed by atoms with Crippen LogP contribution < -0.4 is 0 Å². The van der Waals surface area contributed by atoms with Gasteiger partial charge in [0.2, 0.25) is 0 Å². The first-order chi connectivity index (χ1) is 13.2. The van der Waals surface area contributed by atoms with Crippen molar-refractivity contribution in [2.24, 2.45) is 0 Å². The van der Waals surface area contributed by atoms with Crippen LogP contribution in [0.25, 0.3) is 11.0 Å². The van der Waals surface area contributed by atoms with Gasteiger partial charge in [-0.1, -0.05) is 6.92 Å². The van der Waals surface area contributed by atoms with E-state index in [1.807, 2.05) is 34.9 Å². The summed E-state index contributed by atoms with van der Waals surface area (Å²) in [5, 5.41) is 0. The molecule has 144 valence electrons. The Balaban J connectivity index is 1.44. The molecule has 0 saturated carbocycles. The molecule has 0 radical (unpaired) electrons. The molecular weight excluding hydrogens is 344 g/mol. The van der Waals surface area contributed by atoms with Crippen LogP contribution in [0.5, 0.6) is 0 Å². The van der Waals surface area contributed by atoms with Crippen LogP contribution in [0.1, 0.15) is 42.4 Å². The predicted octanol–water partition coefficient (Wildman–Crippen LogP) is 1.98. The smallest absolute Gasteiger partial charge is 0.253 e. The van der Waals surface area contributed by atoms with Crippen LogP contribution in [0.15, 0.2) is 18.2 Å². The predicted molar refractivity (Wildman–Crippen MR) is 102 cm³/mol. The lowest BCUT2D eigenvalue weighted by molar-refractivity contribution is -0.140. The number of hydrogen-bond donors (Lipinski definition) is 1. The lowest BCUT2D eigenvalue weighted by Gasteiger charge is -2.24. The standard InChI is InChI=1S/C20H26N4O3/c1-2-18-21-15-7-6-14(13-16(15)22-18)19(25)23-8-4-9-24(11-10-23)20(26)17-5-3-12-27-17/h6-7,13,17H,2-5,8-12H2,1H3,(H,21,22). The maximum Gasteiger partial charge on any atom is 0.253 e. The molecular formula is C20H26N4O3. The number of hydrogen-bond acceptors (Lipinski definition) is 4. The molecule has 2 aromatic rings. The maximum atomic E-state index is 13.0. The van der Waals surface area contributed by atoms with E-state index in [9.17, 15) is 9.59 Å². The Labute approximate surface area is 158 Å². The van der Waals surface area contributed by atoms with E-state index < -0.39 is 0 Å². The number of carbonyl (C=O) groups is 2. The molecule has 1 atom stereocenters. The van der Waals surface area contributed by atoms with Crippen LogP contribution in [0, 0.1) is 0 Å². The molecule has 1 aromatic heterocycles. The van der Waals surface area contributed by atoms with Gasteiger partial charge in [0.1, 0.15) is 11.9 Å². The highest BCUT2D eigenvalue weighted by Gasteiger charge is 2.30. The highest BCUT2D eigenvalue weighted by molar-refractivity contribution is 5.97. The maximum absolute atomic E-state index is 13.0. The summed E-state index contributed by atoms with van der Waals surface area (Å²) >= 11 is 0. The number of carbonyl (C=O) groups excluding carboxylic acids is 2. The van der Waals surface area contributed by atoms with E-state index in [0.29, 0.717) is 38.3 Å². The summed E-state index contributed by atoms with van der Waals surface area (Å²) in [6, 6.07) is 5.61. The van der Waals surface area contributed by atoms with E-state index in [0.717, 1.165) is 42.5 Å². The lowest BCUT2D eigenvalue weighted by Crippen LogP contribution is -2.41. The molecule has 1 aromatic carbocycles. The van der Waals surface area contributed by atoms with Crippen LogP contribution in [0.2, 0.25) is 0 Å². The van der Waals surface area contributed by atoms with Gasteiger partial charge in [0.25, 0.3) is 11.8 Å². The van der Waals surface area contributed by atoms with Gasteiger partial charge in [0.15, 0.2) is 0 Å². The van der Waals surface area contributed by atoms with Crippen LogP contribution in [-0.2, 0) is 16.0 Å². The molecule has 3 heterocycles. The van der Waals surface area contributed by atoms with Gasteiger partial charge in [-0.3, -0.25) is 9.59 Å². The van der Waals surface area contributed by atoms with E-state index in [4.69, 9.17) is 4.74 Å². The minimum atomic E-state index is -0.289. The third-order valence-electron chi connectivity index (χ3n) is 5.41. The molecule has 2 amide bonds. The number of ether oxygens (including phenoxy) is 1. The molecule has 7 heteroatoms. The second-order valence-electron chi connectivity index (χ2n) is 7.24. The van der Waals surface area contributed by atoms with Crippen molar-refractivity contribution >= 4 is 22.8 Å². The summed E-state index contributed by atoms with van der Waals surface area (Å²) in [6.45, 7) is 5.18. The Hall–Kier alpha value is -2.41. The number of aryl methyl sites for hydroxylation is 1. The van der Waals surface area contributed by atoms with E-state index in [2.05, 4.69) is 9.97 Å². The Morgan fingerprint density at radius 3 is 2.78 bits per heavy atom. The fourth-order valence-electron chi connectivity index (χ4n) is 3.86. The van der Waals surface area contributed by atoms with Crippen LogP contribution in [0.3, 0.4) is 0 Å². The zero-order chi connectivity index (χ0) is 18.8. The molecule has 2 saturated heterocycles. The SMILES string of the molecule is CCc1nc2ccc(C(=O)N3CCCN(C(=O)C4CCCO4)CC3)cc2[nH]1. The van der Waals surface area contributed by atoms with E-state index in [-0.39, 0.29) is 17.9 Å². The van der Waals surface area contributed by atoms with Gasteiger partial charge >= 0.3 is 0 Å². The second kappa shape index (κ2) is 7.68. The summed E-state index contributed by atoms with van der Waals surface area (Å²) < 4.78 is 5.52. The lowest BCUT2D eigenvalue weighted by atomic mass is 10.1. The van der Waals surface area contributed by atoms with Crippen LogP contribution >= 0.6 is 0 Å².